The lowest BCUT2D eigenvalue weighted by molar-refractivity contribution is -0.137. The molecule has 22 heavy (non-hydrogen) atoms. The van der Waals surface area contributed by atoms with Crippen LogP contribution in [0, 0.1) is 0 Å². The predicted octanol–water partition coefficient (Wildman–Crippen LogP) is 2.52. The molecule has 0 radical (unpaired) electrons. The molecular weight excluding hydrogens is 284 g/mol. The zero-order valence-corrected chi connectivity index (χ0v) is 11.9. The quantitative estimate of drug-likeness (QED) is 0.821. The second-order valence-electron chi connectivity index (χ2n) is 4.90. The highest BCUT2D eigenvalue weighted by molar-refractivity contribution is 5.72. The van der Waals surface area contributed by atoms with Crippen LogP contribution in [0.1, 0.15) is 16.7 Å². The van der Waals surface area contributed by atoms with Gasteiger partial charge in [-0.3, -0.25) is 9.59 Å². The normalized spacial score (nSPS) is 10.2. The summed E-state index contributed by atoms with van der Waals surface area (Å²) in [6.45, 7) is 0.337. The van der Waals surface area contributed by atoms with Gasteiger partial charge < -0.3 is 14.9 Å². The van der Waals surface area contributed by atoms with E-state index in [0.29, 0.717) is 23.5 Å². The maximum atomic E-state index is 10.8. The topological polar surface area (TPSA) is 83.8 Å². The van der Waals surface area contributed by atoms with E-state index in [-0.39, 0.29) is 12.8 Å². The Morgan fingerprint density at radius 3 is 1.86 bits per heavy atom. The van der Waals surface area contributed by atoms with E-state index in [4.69, 9.17) is 14.9 Å². The Bertz CT molecular complexity index is 630. The maximum absolute atomic E-state index is 10.8. The molecule has 0 aliphatic heterocycles. The lowest BCUT2D eigenvalue weighted by atomic mass is 10.1. The van der Waals surface area contributed by atoms with Gasteiger partial charge in [0.1, 0.15) is 12.4 Å². The molecule has 0 unspecified atom stereocenters. The predicted molar refractivity (Wildman–Crippen MR) is 79.9 cm³/mol. The van der Waals surface area contributed by atoms with E-state index in [1.807, 2.05) is 30.3 Å². The number of carboxylic acid groups (broad SMARTS) is 2. The van der Waals surface area contributed by atoms with Gasteiger partial charge >= 0.3 is 11.9 Å². The fourth-order valence-corrected chi connectivity index (χ4v) is 2.11. The molecule has 0 aliphatic rings. The Kier molecular flexibility index (Phi) is 5.14. The Morgan fingerprint density at radius 2 is 1.36 bits per heavy atom. The van der Waals surface area contributed by atoms with Gasteiger partial charge in [0, 0.05) is 0 Å². The number of benzene rings is 2. The first-order valence-electron chi connectivity index (χ1n) is 6.76. The summed E-state index contributed by atoms with van der Waals surface area (Å²) in [5, 5.41) is 17.8. The van der Waals surface area contributed by atoms with Crippen molar-refractivity contribution in [3.63, 3.8) is 0 Å². The zero-order valence-electron chi connectivity index (χ0n) is 11.9. The van der Waals surface area contributed by atoms with Crippen LogP contribution >= 0.6 is 0 Å². The van der Waals surface area contributed by atoms with Crippen LogP contribution in [0.15, 0.2) is 48.5 Å². The number of carboxylic acids is 2. The summed E-state index contributed by atoms with van der Waals surface area (Å²) < 4.78 is 5.65. The van der Waals surface area contributed by atoms with Gasteiger partial charge in [-0.25, -0.2) is 0 Å². The van der Waals surface area contributed by atoms with E-state index >= 15 is 0 Å². The summed E-state index contributed by atoms with van der Waals surface area (Å²) in [4.78, 5) is 21.7. The SMILES string of the molecule is O=C(O)Cc1cc(CC(=O)O)cc(OCc2ccccc2)c1. The number of ether oxygens (including phenoxy) is 1. The summed E-state index contributed by atoms with van der Waals surface area (Å²) >= 11 is 0. The summed E-state index contributed by atoms with van der Waals surface area (Å²) in [6.07, 6.45) is -0.343. The standard InChI is InChI=1S/C17H16O5/c18-16(19)9-13-6-14(10-17(20)21)8-15(7-13)22-11-12-4-2-1-3-5-12/h1-8H,9-11H2,(H,18,19)(H,20,21). The van der Waals surface area contributed by atoms with Crippen molar-refractivity contribution in [3.8, 4) is 5.75 Å². The van der Waals surface area contributed by atoms with Crippen LogP contribution in [0.3, 0.4) is 0 Å². The highest BCUT2D eigenvalue weighted by Crippen LogP contribution is 2.20. The van der Waals surface area contributed by atoms with Gasteiger partial charge in [0.25, 0.3) is 0 Å². The summed E-state index contributed by atoms with van der Waals surface area (Å²) in [5.74, 6) is -1.47. The van der Waals surface area contributed by atoms with Crippen LogP contribution in [0.5, 0.6) is 5.75 Å². The van der Waals surface area contributed by atoms with Crippen LogP contribution in [0.25, 0.3) is 0 Å². The van der Waals surface area contributed by atoms with Crippen molar-refractivity contribution in [2.75, 3.05) is 0 Å². The number of hydrogen-bond acceptors (Lipinski definition) is 3. The number of hydrogen-bond donors (Lipinski definition) is 2. The number of carbonyl (C=O) groups is 2. The summed E-state index contributed by atoms with van der Waals surface area (Å²) in [6, 6.07) is 14.4. The van der Waals surface area contributed by atoms with Crippen molar-refractivity contribution >= 4 is 11.9 Å². The van der Waals surface area contributed by atoms with Crippen LogP contribution in [0.4, 0.5) is 0 Å². The third kappa shape index (κ3) is 4.94. The molecular formula is C17H16O5. The smallest absolute Gasteiger partial charge is 0.307 e. The Labute approximate surface area is 127 Å². The van der Waals surface area contributed by atoms with Crippen LogP contribution in [-0.2, 0) is 29.0 Å². The van der Waals surface area contributed by atoms with Crippen LogP contribution in [-0.4, -0.2) is 22.2 Å². The van der Waals surface area contributed by atoms with E-state index < -0.39 is 11.9 Å². The van der Waals surface area contributed by atoms with Crippen molar-refractivity contribution in [2.24, 2.45) is 0 Å². The van der Waals surface area contributed by atoms with Crippen LogP contribution < -0.4 is 4.74 Å². The van der Waals surface area contributed by atoms with Gasteiger partial charge in [0.2, 0.25) is 0 Å². The first-order valence-corrected chi connectivity index (χ1v) is 6.76. The van der Waals surface area contributed by atoms with Crippen molar-refractivity contribution in [1.82, 2.24) is 0 Å². The fourth-order valence-electron chi connectivity index (χ4n) is 2.11. The second kappa shape index (κ2) is 7.26. The van der Waals surface area contributed by atoms with Crippen molar-refractivity contribution in [1.29, 1.82) is 0 Å². The average molecular weight is 300 g/mol. The molecule has 0 saturated carbocycles. The number of rotatable bonds is 7. The minimum atomic E-state index is -0.971. The van der Waals surface area contributed by atoms with Crippen molar-refractivity contribution < 1.29 is 24.5 Å². The molecule has 2 N–H and O–H groups in total. The van der Waals surface area contributed by atoms with Gasteiger partial charge in [-0.1, -0.05) is 36.4 Å². The van der Waals surface area contributed by atoms with Crippen LogP contribution in [0.2, 0.25) is 0 Å². The van der Waals surface area contributed by atoms with E-state index in [9.17, 15) is 9.59 Å². The maximum Gasteiger partial charge on any atom is 0.307 e. The first-order chi connectivity index (χ1) is 10.5. The average Bonchev–Trinajstić information content (AvgIpc) is 2.44. The molecule has 2 aromatic carbocycles. The molecule has 0 aromatic heterocycles. The third-order valence-corrected chi connectivity index (χ3v) is 2.99. The third-order valence-electron chi connectivity index (χ3n) is 2.99. The van der Waals surface area contributed by atoms with Gasteiger partial charge in [-0.05, 0) is 28.8 Å². The van der Waals surface area contributed by atoms with E-state index in [2.05, 4.69) is 0 Å². The highest BCUT2D eigenvalue weighted by atomic mass is 16.5. The first kappa shape index (κ1) is 15.6. The molecule has 0 spiro atoms. The van der Waals surface area contributed by atoms with E-state index in [1.54, 1.807) is 18.2 Å². The minimum Gasteiger partial charge on any atom is -0.489 e. The van der Waals surface area contributed by atoms with Gasteiger partial charge in [0.05, 0.1) is 12.8 Å². The molecule has 5 nitrogen and oxygen atoms in total. The van der Waals surface area contributed by atoms with E-state index in [0.717, 1.165) is 5.56 Å². The summed E-state index contributed by atoms with van der Waals surface area (Å²) in [7, 11) is 0. The molecule has 2 aromatic rings. The van der Waals surface area contributed by atoms with Gasteiger partial charge in [-0.2, -0.15) is 0 Å². The monoisotopic (exact) mass is 300 g/mol. The summed E-state index contributed by atoms with van der Waals surface area (Å²) in [5.41, 5.74) is 2.02. The minimum absolute atomic E-state index is 0.171. The van der Waals surface area contributed by atoms with E-state index in [1.165, 1.54) is 0 Å². The largest absolute Gasteiger partial charge is 0.489 e. The Balaban J connectivity index is 2.17. The lowest BCUT2D eigenvalue weighted by Gasteiger charge is -2.10. The lowest BCUT2D eigenvalue weighted by Crippen LogP contribution is -2.05. The Morgan fingerprint density at radius 1 is 0.818 bits per heavy atom. The van der Waals surface area contributed by atoms with Crippen molar-refractivity contribution in [3.05, 3.63) is 65.2 Å². The zero-order chi connectivity index (χ0) is 15.9. The molecule has 0 amide bonds. The molecule has 114 valence electrons. The molecule has 5 heteroatoms. The molecule has 0 bridgehead atoms. The Hall–Kier alpha value is -2.82. The molecule has 0 fully saturated rings. The van der Waals surface area contributed by atoms with Gasteiger partial charge in [0.15, 0.2) is 0 Å². The molecule has 0 saturated heterocycles. The second-order valence-corrected chi connectivity index (χ2v) is 4.90. The molecule has 2 rings (SSSR count). The highest BCUT2D eigenvalue weighted by Gasteiger charge is 2.08. The molecule has 0 aliphatic carbocycles. The number of aliphatic carboxylic acids is 2. The van der Waals surface area contributed by atoms with Crippen molar-refractivity contribution in [2.45, 2.75) is 19.4 Å². The fraction of sp³-hybridized carbons (Fsp3) is 0.176. The molecule has 0 heterocycles. The van der Waals surface area contributed by atoms with Gasteiger partial charge in [-0.15, -0.1) is 0 Å². The molecule has 0 atom stereocenters.